The summed E-state index contributed by atoms with van der Waals surface area (Å²) in [5.41, 5.74) is 3.37. The van der Waals surface area contributed by atoms with E-state index >= 15 is 0 Å². The molecule has 0 saturated carbocycles. The molecule has 0 fully saturated rings. The summed E-state index contributed by atoms with van der Waals surface area (Å²) in [4.78, 5) is 0. The quantitative estimate of drug-likeness (QED) is 0.727. The van der Waals surface area contributed by atoms with Crippen LogP contribution < -0.4 is 5.32 Å². The maximum atomic E-state index is 11.2. The first-order chi connectivity index (χ1) is 8.85. The predicted molar refractivity (Wildman–Crippen MR) is 78.3 cm³/mol. The average molecular weight is 287 g/mol. The van der Waals surface area contributed by atoms with Crippen LogP contribution in [0.1, 0.15) is 30.3 Å². The van der Waals surface area contributed by atoms with Gasteiger partial charge in [0.25, 0.3) is 0 Å². The van der Waals surface area contributed by atoms with Crippen LogP contribution in [0, 0.1) is 13.8 Å². The van der Waals surface area contributed by atoms with E-state index in [1.807, 2.05) is 18.5 Å². The van der Waals surface area contributed by atoms with Gasteiger partial charge in [-0.1, -0.05) is 6.92 Å². The van der Waals surface area contributed by atoms with Gasteiger partial charge in [0.05, 0.1) is 18.0 Å². The van der Waals surface area contributed by atoms with Crippen molar-refractivity contribution in [1.82, 2.24) is 15.1 Å². The number of aromatic nitrogens is 2. The Kier molecular flexibility index (Phi) is 6.00. The highest BCUT2D eigenvalue weighted by atomic mass is 32.2. The summed E-state index contributed by atoms with van der Waals surface area (Å²) in [7, 11) is -2.94. The van der Waals surface area contributed by atoms with E-state index < -0.39 is 9.84 Å². The molecule has 0 spiro atoms. The van der Waals surface area contributed by atoms with E-state index in [2.05, 4.69) is 17.3 Å². The van der Waals surface area contributed by atoms with Crippen molar-refractivity contribution in [2.45, 2.75) is 40.2 Å². The molecule has 6 heteroatoms. The van der Waals surface area contributed by atoms with Crippen LogP contribution in [0.3, 0.4) is 0 Å². The molecule has 0 saturated heterocycles. The van der Waals surface area contributed by atoms with Crippen molar-refractivity contribution in [1.29, 1.82) is 0 Å². The molecule has 0 aromatic carbocycles. The molecule has 1 heterocycles. The first kappa shape index (κ1) is 16.2. The van der Waals surface area contributed by atoms with Crippen LogP contribution >= 0.6 is 0 Å². The molecule has 0 atom stereocenters. The first-order valence-electron chi connectivity index (χ1n) is 6.76. The molecular weight excluding hydrogens is 262 g/mol. The second kappa shape index (κ2) is 7.05. The molecule has 0 aliphatic heterocycles. The second-order valence-corrected chi connectivity index (χ2v) is 7.22. The van der Waals surface area contributed by atoms with E-state index in [0.717, 1.165) is 37.3 Å². The minimum atomic E-state index is -2.94. The number of hydrogen-bond donors (Lipinski definition) is 1. The van der Waals surface area contributed by atoms with Crippen LogP contribution in [0.25, 0.3) is 0 Å². The Morgan fingerprint density at radius 1 is 1.32 bits per heavy atom. The molecular formula is C13H25N3O2S. The minimum Gasteiger partial charge on any atom is -0.317 e. The van der Waals surface area contributed by atoms with Gasteiger partial charge in [-0.25, -0.2) is 8.42 Å². The van der Waals surface area contributed by atoms with E-state index in [9.17, 15) is 8.42 Å². The molecule has 0 unspecified atom stereocenters. The zero-order valence-corrected chi connectivity index (χ0v) is 13.2. The van der Waals surface area contributed by atoms with Crippen molar-refractivity contribution in [3.63, 3.8) is 0 Å². The molecule has 110 valence electrons. The minimum absolute atomic E-state index is 0.145. The van der Waals surface area contributed by atoms with Gasteiger partial charge in [-0.05, 0) is 45.3 Å². The van der Waals surface area contributed by atoms with Gasteiger partial charge in [0, 0.05) is 11.9 Å². The SMILES string of the molecule is CCNCCCc1c(C)nn(CCS(C)(=O)=O)c1C. The van der Waals surface area contributed by atoms with Crippen molar-refractivity contribution in [2.24, 2.45) is 0 Å². The molecule has 19 heavy (non-hydrogen) atoms. The zero-order valence-electron chi connectivity index (χ0n) is 12.4. The monoisotopic (exact) mass is 287 g/mol. The van der Waals surface area contributed by atoms with Crippen LogP contribution in [0.15, 0.2) is 0 Å². The number of nitrogens with zero attached hydrogens (tertiary/aromatic N) is 2. The summed E-state index contributed by atoms with van der Waals surface area (Å²) in [6.07, 6.45) is 3.33. The van der Waals surface area contributed by atoms with E-state index in [1.165, 1.54) is 11.8 Å². The summed E-state index contributed by atoms with van der Waals surface area (Å²) in [6.45, 7) is 8.55. The van der Waals surface area contributed by atoms with Gasteiger partial charge in [0.1, 0.15) is 9.84 Å². The lowest BCUT2D eigenvalue weighted by Crippen LogP contribution is -2.15. The van der Waals surface area contributed by atoms with Gasteiger partial charge in [-0.15, -0.1) is 0 Å². The number of rotatable bonds is 8. The Bertz CT molecular complexity index is 506. The molecule has 1 aromatic heterocycles. The molecule has 0 aliphatic carbocycles. The van der Waals surface area contributed by atoms with Gasteiger partial charge >= 0.3 is 0 Å². The lowest BCUT2D eigenvalue weighted by Gasteiger charge is -2.05. The summed E-state index contributed by atoms with van der Waals surface area (Å²) >= 11 is 0. The topological polar surface area (TPSA) is 64.0 Å². The van der Waals surface area contributed by atoms with Gasteiger partial charge in [-0.3, -0.25) is 4.68 Å². The van der Waals surface area contributed by atoms with E-state index in [4.69, 9.17) is 0 Å². The fourth-order valence-electron chi connectivity index (χ4n) is 2.13. The van der Waals surface area contributed by atoms with Crippen LogP contribution in [0.2, 0.25) is 0 Å². The molecule has 0 bridgehead atoms. The zero-order chi connectivity index (χ0) is 14.5. The molecule has 0 amide bonds. The molecule has 1 N–H and O–H groups in total. The van der Waals surface area contributed by atoms with Gasteiger partial charge in [0.2, 0.25) is 0 Å². The number of nitrogens with one attached hydrogen (secondary N) is 1. The maximum Gasteiger partial charge on any atom is 0.149 e. The summed E-state index contributed by atoms with van der Waals surface area (Å²) < 4.78 is 24.2. The van der Waals surface area contributed by atoms with E-state index in [1.54, 1.807) is 0 Å². The molecule has 0 aliphatic rings. The van der Waals surface area contributed by atoms with Gasteiger partial charge in [-0.2, -0.15) is 5.10 Å². The van der Waals surface area contributed by atoms with Gasteiger partial charge < -0.3 is 5.32 Å². The van der Waals surface area contributed by atoms with Crippen molar-refractivity contribution < 1.29 is 8.42 Å². The third-order valence-corrected chi connectivity index (χ3v) is 4.16. The third-order valence-electron chi connectivity index (χ3n) is 3.24. The van der Waals surface area contributed by atoms with Crippen LogP contribution in [0.4, 0.5) is 0 Å². The number of sulfone groups is 1. The number of hydrogen-bond acceptors (Lipinski definition) is 4. The van der Waals surface area contributed by atoms with Crippen LogP contribution in [-0.2, 0) is 22.8 Å². The van der Waals surface area contributed by atoms with Crippen molar-refractivity contribution in [3.8, 4) is 0 Å². The Labute approximate surface area is 116 Å². The van der Waals surface area contributed by atoms with E-state index in [0.29, 0.717) is 6.54 Å². The average Bonchev–Trinajstić information content (AvgIpc) is 2.58. The van der Waals surface area contributed by atoms with E-state index in [-0.39, 0.29) is 5.75 Å². The van der Waals surface area contributed by atoms with Crippen molar-refractivity contribution in [2.75, 3.05) is 25.1 Å². The second-order valence-electron chi connectivity index (χ2n) is 4.96. The van der Waals surface area contributed by atoms with Crippen molar-refractivity contribution in [3.05, 3.63) is 17.0 Å². The summed E-state index contributed by atoms with van der Waals surface area (Å²) in [5.74, 6) is 0.145. The van der Waals surface area contributed by atoms with Crippen molar-refractivity contribution >= 4 is 9.84 Å². The maximum absolute atomic E-state index is 11.2. The Morgan fingerprint density at radius 2 is 2.00 bits per heavy atom. The lowest BCUT2D eigenvalue weighted by atomic mass is 10.1. The van der Waals surface area contributed by atoms with Crippen LogP contribution in [0.5, 0.6) is 0 Å². The third kappa shape index (κ3) is 5.32. The fraction of sp³-hybridized carbons (Fsp3) is 0.769. The van der Waals surface area contributed by atoms with Gasteiger partial charge in [0.15, 0.2) is 0 Å². The fourth-order valence-corrected chi connectivity index (χ4v) is 2.64. The highest BCUT2D eigenvalue weighted by Gasteiger charge is 2.12. The lowest BCUT2D eigenvalue weighted by molar-refractivity contribution is 0.580. The molecule has 1 rings (SSSR count). The first-order valence-corrected chi connectivity index (χ1v) is 8.82. The molecule has 1 aromatic rings. The number of aryl methyl sites for hydroxylation is 2. The smallest absolute Gasteiger partial charge is 0.149 e. The highest BCUT2D eigenvalue weighted by molar-refractivity contribution is 7.90. The normalized spacial score (nSPS) is 12.0. The standard InChI is InChI=1S/C13H25N3O2S/c1-5-14-8-6-7-13-11(2)15-16(12(13)3)9-10-19(4,17)18/h14H,5-10H2,1-4H3. The summed E-state index contributed by atoms with van der Waals surface area (Å²) in [5, 5.41) is 7.75. The summed E-state index contributed by atoms with van der Waals surface area (Å²) in [6, 6.07) is 0. The molecule has 0 radical (unpaired) electrons. The Balaban J connectivity index is 2.66. The molecule has 5 nitrogen and oxygen atoms in total. The van der Waals surface area contributed by atoms with Crippen LogP contribution in [-0.4, -0.2) is 43.3 Å². The predicted octanol–water partition coefficient (Wildman–Crippen LogP) is 1.09. The largest absolute Gasteiger partial charge is 0.317 e. The Hall–Kier alpha value is -0.880. The highest BCUT2D eigenvalue weighted by Crippen LogP contribution is 2.15. The Morgan fingerprint density at radius 3 is 2.58 bits per heavy atom.